The van der Waals surface area contributed by atoms with Gasteiger partial charge in [-0.15, -0.1) is 0 Å². The van der Waals surface area contributed by atoms with Crippen molar-refractivity contribution < 1.29 is 9.90 Å². The number of benzene rings is 1. The van der Waals surface area contributed by atoms with Gasteiger partial charge in [0.1, 0.15) is 0 Å². The number of likely N-dealkylation sites (N-methyl/N-ethyl adjacent to an activating group) is 1. The van der Waals surface area contributed by atoms with E-state index in [1.807, 2.05) is 56.1 Å². The number of nitrogens with one attached hydrogen (secondary N) is 3. The van der Waals surface area contributed by atoms with Gasteiger partial charge in [0, 0.05) is 24.7 Å². The first-order chi connectivity index (χ1) is 11.0. The van der Waals surface area contributed by atoms with Gasteiger partial charge >= 0.3 is 0 Å². The first kappa shape index (κ1) is 17.9. The lowest BCUT2D eigenvalue weighted by Crippen LogP contribution is -2.49. The molecule has 0 saturated carbocycles. The van der Waals surface area contributed by atoms with Crippen molar-refractivity contribution in [3.8, 4) is 0 Å². The van der Waals surface area contributed by atoms with E-state index in [0.29, 0.717) is 13.0 Å². The van der Waals surface area contributed by atoms with Gasteiger partial charge in [-0.2, -0.15) is 0 Å². The van der Waals surface area contributed by atoms with Crippen molar-refractivity contribution in [1.29, 1.82) is 0 Å². The maximum atomic E-state index is 12.4. The number of carbonyl (C=O) groups excluding carboxylic acids is 1. The second kappa shape index (κ2) is 8.40. The third kappa shape index (κ3) is 4.75. The Morgan fingerprint density at radius 2 is 1.87 bits per heavy atom. The summed E-state index contributed by atoms with van der Waals surface area (Å²) >= 11 is 0. The molecule has 0 aromatic heterocycles. The van der Waals surface area contributed by atoms with Crippen LogP contribution in [-0.4, -0.2) is 54.2 Å². The van der Waals surface area contributed by atoms with Crippen LogP contribution in [0.4, 0.5) is 0 Å². The Bertz CT molecular complexity index is 487. The highest BCUT2D eigenvalue weighted by molar-refractivity contribution is 5.78. The predicted octanol–water partition coefficient (Wildman–Crippen LogP) is 0.412. The number of amides is 1. The quantitative estimate of drug-likeness (QED) is 0.585. The van der Waals surface area contributed by atoms with Crippen LogP contribution in [0.1, 0.15) is 31.9 Å². The van der Waals surface area contributed by atoms with Crippen molar-refractivity contribution in [3.05, 3.63) is 35.9 Å². The topological polar surface area (TPSA) is 76.6 Å². The Balaban J connectivity index is 1.95. The molecule has 6 nitrogen and oxygen atoms in total. The fraction of sp³-hybridized carbons (Fsp3) is 0.588. The number of hydrogen-bond donors (Lipinski definition) is 4. The Morgan fingerprint density at radius 3 is 2.43 bits per heavy atom. The Morgan fingerprint density at radius 1 is 1.26 bits per heavy atom. The standard InChI is InChI=1S/C17H28N4O2/c1-12-17(13(2)20-19-12)18-16(23)11-21(3)15(9-10-22)14-7-5-4-6-8-14/h4-8,12-13,15,17,19-20,22H,9-11H2,1-3H3,(H,18,23). The summed E-state index contributed by atoms with van der Waals surface area (Å²) in [5.41, 5.74) is 7.38. The Labute approximate surface area is 138 Å². The predicted molar refractivity (Wildman–Crippen MR) is 90.6 cm³/mol. The number of nitrogens with zero attached hydrogens (tertiary/aromatic N) is 1. The first-order valence-electron chi connectivity index (χ1n) is 8.19. The van der Waals surface area contributed by atoms with E-state index in [1.54, 1.807) is 0 Å². The molecule has 1 aromatic rings. The monoisotopic (exact) mass is 320 g/mol. The van der Waals surface area contributed by atoms with Crippen molar-refractivity contribution in [1.82, 2.24) is 21.1 Å². The molecule has 1 fully saturated rings. The lowest BCUT2D eigenvalue weighted by Gasteiger charge is -2.29. The summed E-state index contributed by atoms with van der Waals surface area (Å²) in [5, 5.41) is 12.4. The molecular formula is C17H28N4O2. The van der Waals surface area contributed by atoms with Crippen LogP contribution in [0.15, 0.2) is 30.3 Å². The second-order valence-electron chi connectivity index (χ2n) is 6.31. The summed E-state index contributed by atoms with van der Waals surface area (Å²) in [7, 11) is 1.92. The van der Waals surface area contributed by atoms with Gasteiger partial charge in [0.2, 0.25) is 5.91 Å². The molecule has 1 saturated heterocycles. The maximum Gasteiger partial charge on any atom is 0.234 e. The van der Waals surface area contributed by atoms with Crippen molar-refractivity contribution in [2.24, 2.45) is 0 Å². The average molecular weight is 320 g/mol. The SMILES string of the molecule is CC1NNC(C)C1NC(=O)CN(C)C(CCO)c1ccccc1. The molecule has 4 N–H and O–H groups in total. The van der Waals surface area contributed by atoms with Gasteiger partial charge in [-0.05, 0) is 32.9 Å². The van der Waals surface area contributed by atoms with Gasteiger partial charge in [0.05, 0.1) is 12.6 Å². The summed E-state index contributed by atoms with van der Waals surface area (Å²) in [5.74, 6) is 0.000529. The van der Waals surface area contributed by atoms with E-state index in [-0.39, 0.29) is 36.7 Å². The summed E-state index contributed by atoms with van der Waals surface area (Å²) in [6.45, 7) is 4.49. The molecule has 3 unspecified atom stereocenters. The lowest BCUT2D eigenvalue weighted by atomic mass is 10.0. The highest BCUT2D eigenvalue weighted by Gasteiger charge is 2.31. The third-order valence-corrected chi connectivity index (χ3v) is 4.46. The van der Waals surface area contributed by atoms with Gasteiger partial charge in [-0.25, -0.2) is 0 Å². The van der Waals surface area contributed by atoms with E-state index in [4.69, 9.17) is 0 Å². The molecule has 0 aliphatic carbocycles. The first-order valence-corrected chi connectivity index (χ1v) is 8.19. The fourth-order valence-corrected chi connectivity index (χ4v) is 3.13. The molecule has 3 atom stereocenters. The van der Waals surface area contributed by atoms with E-state index in [0.717, 1.165) is 5.56 Å². The average Bonchev–Trinajstić information content (AvgIpc) is 2.85. The minimum Gasteiger partial charge on any atom is -0.396 e. The van der Waals surface area contributed by atoms with Crippen LogP contribution in [-0.2, 0) is 4.79 Å². The van der Waals surface area contributed by atoms with Gasteiger partial charge in [-0.1, -0.05) is 30.3 Å². The number of carbonyl (C=O) groups is 1. The number of aliphatic hydroxyl groups excluding tert-OH is 1. The molecule has 1 heterocycles. The van der Waals surface area contributed by atoms with E-state index in [1.165, 1.54) is 0 Å². The van der Waals surface area contributed by atoms with E-state index >= 15 is 0 Å². The summed E-state index contributed by atoms with van der Waals surface area (Å²) in [6.07, 6.45) is 0.604. The summed E-state index contributed by atoms with van der Waals surface area (Å²) < 4.78 is 0. The van der Waals surface area contributed by atoms with Crippen LogP contribution in [0.2, 0.25) is 0 Å². The van der Waals surface area contributed by atoms with E-state index < -0.39 is 0 Å². The van der Waals surface area contributed by atoms with Gasteiger partial charge in [0.15, 0.2) is 0 Å². The third-order valence-electron chi connectivity index (χ3n) is 4.46. The molecule has 1 amide bonds. The highest BCUT2D eigenvalue weighted by atomic mass is 16.3. The van der Waals surface area contributed by atoms with Crippen LogP contribution in [0.5, 0.6) is 0 Å². The second-order valence-corrected chi connectivity index (χ2v) is 6.31. The Kier molecular flexibility index (Phi) is 6.53. The zero-order valence-electron chi connectivity index (χ0n) is 14.1. The van der Waals surface area contributed by atoms with Crippen molar-refractivity contribution in [2.75, 3.05) is 20.2 Å². The van der Waals surface area contributed by atoms with E-state index in [9.17, 15) is 9.90 Å². The van der Waals surface area contributed by atoms with Gasteiger partial charge < -0.3 is 10.4 Å². The normalized spacial score (nSPS) is 25.5. The zero-order valence-corrected chi connectivity index (χ0v) is 14.1. The fourth-order valence-electron chi connectivity index (χ4n) is 3.13. The van der Waals surface area contributed by atoms with Gasteiger partial charge in [0.25, 0.3) is 0 Å². The molecule has 0 radical (unpaired) electrons. The molecule has 0 spiro atoms. The van der Waals surface area contributed by atoms with Crippen LogP contribution in [0.3, 0.4) is 0 Å². The largest absolute Gasteiger partial charge is 0.396 e. The molecule has 1 aromatic carbocycles. The molecule has 0 bridgehead atoms. The molecule has 128 valence electrons. The minimum atomic E-state index is 0.000529. The molecule has 1 aliphatic heterocycles. The molecule has 1 aliphatic rings. The number of rotatable bonds is 7. The van der Waals surface area contributed by atoms with Crippen LogP contribution >= 0.6 is 0 Å². The highest BCUT2D eigenvalue weighted by Crippen LogP contribution is 2.22. The summed E-state index contributed by atoms with van der Waals surface area (Å²) in [4.78, 5) is 14.4. The molecule has 2 rings (SSSR count). The smallest absolute Gasteiger partial charge is 0.234 e. The van der Waals surface area contributed by atoms with Crippen molar-refractivity contribution >= 4 is 5.91 Å². The maximum absolute atomic E-state index is 12.4. The molecule has 6 heteroatoms. The van der Waals surface area contributed by atoms with Crippen molar-refractivity contribution in [3.63, 3.8) is 0 Å². The van der Waals surface area contributed by atoms with Crippen molar-refractivity contribution in [2.45, 2.75) is 44.4 Å². The number of hydrazine groups is 1. The van der Waals surface area contributed by atoms with Crippen LogP contribution in [0, 0.1) is 0 Å². The lowest BCUT2D eigenvalue weighted by molar-refractivity contribution is -0.123. The van der Waals surface area contributed by atoms with Gasteiger partial charge in [-0.3, -0.25) is 20.5 Å². The van der Waals surface area contributed by atoms with E-state index in [2.05, 4.69) is 16.2 Å². The number of hydrogen-bond acceptors (Lipinski definition) is 5. The number of aliphatic hydroxyl groups is 1. The zero-order chi connectivity index (χ0) is 16.8. The molecule has 23 heavy (non-hydrogen) atoms. The van der Waals surface area contributed by atoms with Crippen LogP contribution < -0.4 is 16.2 Å². The van der Waals surface area contributed by atoms with Crippen LogP contribution in [0.25, 0.3) is 0 Å². The Hall–Kier alpha value is -1.47. The molecular weight excluding hydrogens is 292 g/mol. The summed E-state index contributed by atoms with van der Waals surface area (Å²) in [6, 6.07) is 10.5. The minimum absolute atomic E-state index is 0.000529.